The highest BCUT2D eigenvalue weighted by atomic mass is 16.5. The molecule has 0 aliphatic carbocycles. The highest BCUT2D eigenvalue weighted by Gasteiger charge is 2.20. The molecule has 1 rings (SSSR count). The molecule has 1 heterocycles. The first-order valence-corrected chi connectivity index (χ1v) is 8.08. The largest absolute Gasteiger partial charge is 0.379 e. The standard InChI is InChI=1S/C16H33N3O2/c1-14(19-12-10-18(4)11-13-19)6-7-15(20)17-9-8-16(2,3)21-5/h14H,6-13H2,1-5H3,(H,17,20)/t14-/m1/s1. The Labute approximate surface area is 130 Å². The molecule has 0 aromatic carbocycles. The van der Waals surface area contributed by atoms with E-state index in [1.165, 1.54) is 0 Å². The summed E-state index contributed by atoms with van der Waals surface area (Å²) in [6.45, 7) is 11.5. The SMILES string of the molecule is COC(C)(C)CCNC(=O)CC[C@@H](C)N1CCN(C)CC1. The van der Waals surface area contributed by atoms with Gasteiger partial charge in [0.2, 0.25) is 5.91 Å². The number of carbonyl (C=O) groups excluding carboxylic acids is 1. The zero-order chi connectivity index (χ0) is 15.9. The average Bonchev–Trinajstić information content (AvgIpc) is 2.45. The van der Waals surface area contributed by atoms with Gasteiger partial charge in [-0.3, -0.25) is 9.69 Å². The van der Waals surface area contributed by atoms with Crippen molar-refractivity contribution in [2.45, 2.75) is 51.7 Å². The Morgan fingerprint density at radius 1 is 1.29 bits per heavy atom. The summed E-state index contributed by atoms with van der Waals surface area (Å²) in [6, 6.07) is 0.486. The van der Waals surface area contributed by atoms with Crippen LogP contribution in [0, 0.1) is 0 Å². The molecule has 1 amide bonds. The Bertz CT molecular complexity index is 313. The quantitative estimate of drug-likeness (QED) is 0.734. The van der Waals surface area contributed by atoms with E-state index in [-0.39, 0.29) is 11.5 Å². The van der Waals surface area contributed by atoms with Crippen LogP contribution in [0.25, 0.3) is 0 Å². The van der Waals surface area contributed by atoms with Crippen molar-refractivity contribution in [1.29, 1.82) is 0 Å². The van der Waals surface area contributed by atoms with Crippen molar-refractivity contribution in [2.24, 2.45) is 0 Å². The van der Waals surface area contributed by atoms with Crippen molar-refractivity contribution in [3.8, 4) is 0 Å². The predicted molar refractivity (Wildman–Crippen MR) is 86.5 cm³/mol. The summed E-state index contributed by atoms with van der Waals surface area (Å²) < 4.78 is 5.34. The monoisotopic (exact) mass is 299 g/mol. The van der Waals surface area contributed by atoms with Gasteiger partial charge in [0, 0.05) is 52.3 Å². The highest BCUT2D eigenvalue weighted by molar-refractivity contribution is 5.75. The fourth-order valence-electron chi connectivity index (χ4n) is 2.48. The summed E-state index contributed by atoms with van der Waals surface area (Å²) in [5.74, 6) is 0.155. The predicted octanol–water partition coefficient (Wildman–Crippen LogP) is 1.33. The zero-order valence-corrected chi connectivity index (χ0v) is 14.4. The van der Waals surface area contributed by atoms with E-state index < -0.39 is 0 Å². The minimum absolute atomic E-state index is 0.155. The Morgan fingerprint density at radius 2 is 1.90 bits per heavy atom. The molecule has 1 N–H and O–H groups in total. The third-order valence-electron chi connectivity index (χ3n) is 4.55. The molecule has 1 aliphatic rings. The van der Waals surface area contributed by atoms with Gasteiger partial charge in [0.25, 0.3) is 0 Å². The summed E-state index contributed by atoms with van der Waals surface area (Å²) in [7, 11) is 3.87. The van der Waals surface area contributed by atoms with E-state index in [1.54, 1.807) is 7.11 Å². The second kappa shape index (κ2) is 8.71. The highest BCUT2D eigenvalue weighted by Crippen LogP contribution is 2.12. The Balaban J connectivity index is 2.15. The van der Waals surface area contributed by atoms with Crippen molar-refractivity contribution < 1.29 is 9.53 Å². The zero-order valence-electron chi connectivity index (χ0n) is 14.4. The molecule has 0 saturated carbocycles. The van der Waals surface area contributed by atoms with Crippen LogP contribution in [-0.2, 0) is 9.53 Å². The van der Waals surface area contributed by atoms with Gasteiger partial charge >= 0.3 is 0 Å². The minimum Gasteiger partial charge on any atom is -0.379 e. The smallest absolute Gasteiger partial charge is 0.220 e. The number of nitrogens with zero attached hydrogens (tertiary/aromatic N) is 2. The van der Waals surface area contributed by atoms with Crippen LogP contribution in [0.2, 0.25) is 0 Å². The summed E-state index contributed by atoms with van der Waals surface area (Å²) >= 11 is 0. The van der Waals surface area contributed by atoms with Crippen LogP contribution in [0.1, 0.15) is 40.0 Å². The Kier molecular flexibility index (Phi) is 7.63. The molecular formula is C16H33N3O2. The van der Waals surface area contributed by atoms with Gasteiger partial charge in [-0.05, 0) is 40.7 Å². The number of rotatable bonds is 8. The third-order valence-corrected chi connectivity index (χ3v) is 4.55. The lowest BCUT2D eigenvalue weighted by molar-refractivity contribution is -0.121. The van der Waals surface area contributed by atoms with Crippen LogP contribution in [-0.4, -0.2) is 74.2 Å². The van der Waals surface area contributed by atoms with Crippen LogP contribution in [0.4, 0.5) is 0 Å². The number of piperazine rings is 1. The van der Waals surface area contributed by atoms with Gasteiger partial charge in [-0.15, -0.1) is 0 Å². The number of likely N-dealkylation sites (N-methyl/N-ethyl adjacent to an activating group) is 1. The number of nitrogens with one attached hydrogen (secondary N) is 1. The summed E-state index contributed by atoms with van der Waals surface area (Å²) in [5, 5.41) is 2.99. The lowest BCUT2D eigenvalue weighted by atomic mass is 10.1. The van der Waals surface area contributed by atoms with E-state index in [0.717, 1.165) is 39.0 Å². The Hall–Kier alpha value is -0.650. The summed E-state index contributed by atoms with van der Waals surface area (Å²) in [4.78, 5) is 16.7. The van der Waals surface area contributed by atoms with E-state index in [1.807, 2.05) is 13.8 Å². The lowest BCUT2D eigenvalue weighted by Crippen LogP contribution is -2.48. The Morgan fingerprint density at radius 3 is 2.48 bits per heavy atom. The average molecular weight is 299 g/mol. The maximum atomic E-state index is 11.9. The van der Waals surface area contributed by atoms with Gasteiger partial charge in [0.1, 0.15) is 0 Å². The van der Waals surface area contributed by atoms with Crippen LogP contribution >= 0.6 is 0 Å². The van der Waals surface area contributed by atoms with Crippen molar-refractivity contribution in [3.05, 3.63) is 0 Å². The fraction of sp³-hybridized carbons (Fsp3) is 0.938. The molecule has 0 bridgehead atoms. The molecule has 1 aliphatic heterocycles. The molecule has 0 unspecified atom stereocenters. The molecule has 0 spiro atoms. The number of hydrogen-bond donors (Lipinski definition) is 1. The third kappa shape index (κ3) is 7.25. The summed E-state index contributed by atoms with van der Waals surface area (Å²) in [5.41, 5.74) is -0.166. The van der Waals surface area contributed by atoms with Gasteiger partial charge in [-0.1, -0.05) is 0 Å². The first-order chi connectivity index (χ1) is 9.84. The van der Waals surface area contributed by atoms with Crippen molar-refractivity contribution in [3.63, 3.8) is 0 Å². The molecular weight excluding hydrogens is 266 g/mol. The number of methoxy groups -OCH3 is 1. The van der Waals surface area contributed by atoms with Gasteiger partial charge in [0.15, 0.2) is 0 Å². The summed E-state index contributed by atoms with van der Waals surface area (Å²) in [6.07, 6.45) is 2.38. The molecule has 1 saturated heterocycles. The number of ether oxygens (including phenoxy) is 1. The molecule has 1 atom stereocenters. The van der Waals surface area contributed by atoms with E-state index in [2.05, 4.69) is 29.1 Å². The molecule has 0 radical (unpaired) electrons. The molecule has 1 fully saturated rings. The van der Waals surface area contributed by atoms with E-state index >= 15 is 0 Å². The topological polar surface area (TPSA) is 44.8 Å². The second-order valence-corrected chi connectivity index (χ2v) is 6.79. The lowest BCUT2D eigenvalue weighted by Gasteiger charge is -2.36. The maximum absolute atomic E-state index is 11.9. The molecule has 0 aromatic heterocycles. The van der Waals surface area contributed by atoms with Crippen LogP contribution in [0.15, 0.2) is 0 Å². The van der Waals surface area contributed by atoms with Gasteiger partial charge in [0.05, 0.1) is 5.60 Å². The fourth-order valence-corrected chi connectivity index (χ4v) is 2.48. The molecule has 5 heteroatoms. The van der Waals surface area contributed by atoms with Crippen LogP contribution < -0.4 is 5.32 Å². The molecule has 0 aromatic rings. The van der Waals surface area contributed by atoms with Crippen molar-refractivity contribution in [2.75, 3.05) is 46.9 Å². The molecule has 21 heavy (non-hydrogen) atoms. The van der Waals surface area contributed by atoms with Crippen molar-refractivity contribution >= 4 is 5.91 Å². The molecule has 5 nitrogen and oxygen atoms in total. The van der Waals surface area contributed by atoms with Crippen LogP contribution in [0.5, 0.6) is 0 Å². The van der Waals surface area contributed by atoms with Crippen LogP contribution in [0.3, 0.4) is 0 Å². The first kappa shape index (κ1) is 18.4. The number of carbonyl (C=O) groups is 1. The van der Waals surface area contributed by atoms with Gasteiger partial charge in [-0.2, -0.15) is 0 Å². The normalized spacial score (nSPS) is 19.5. The first-order valence-electron chi connectivity index (χ1n) is 8.08. The number of hydrogen-bond acceptors (Lipinski definition) is 4. The van der Waals surface area contributed by atoms with E-state index in [9.17, 15) is 4.79 Å². The van der Waals surface area contributed by atoms with E-state index in [4.69, 9.17) is 4.74 Å². The van der Waals surface area contributed by atoms with Gasteiger partial charge in [-0.25, -0.2) is 0 Å². The van der Waals surface area contributed by atoms with Gasteiger partial charge < -0.3 is 15.0 Å². The second-order valence-electron chi connectivity index (χ2n) is 6.79. The van der Waals surface area contributed by atoms with E-state index in [0.29, 0.717) is 19.0 Å². The minimum atomic E-state index is -0.166. The van der Waals surface area contributed by atoms with Crippen molar-refractivity contribution in [1.82, 2.24) is 15.1 Å². The molecule has 124 valence electrons. The maximum Gasteiger partial charge on any atom is 0.220 e. The number of amides is 1.